The van der Waals surface area contributed by atoms with Gasteiger partial charge in [-0.1, -0.05) is 18.2 Å². The fourth-order valence-electron chi connectivity index (χ4n) is 3.82. The second-order valence-corrected chi connectivity index (χ2v) is 6.94. The largest absolute Gasteiger partial charge is 0.493 e. The van der Waals surface area contributed by atoms with Crippen molar-refractivity contribution >= 4 is 11.7 Å². The zero-order chi connectivity index (χ0) is 17.8. The maximum atomic E-state index is 13.0. The number of para-hydroxylation sites is 1. The summed E-state index contributed by atoms with van der Waals surface area (Å²) in [4.78, 5) is 23.6. The quantitative estimate of drug-likeness (QED) is 0.920. The predicted octanol–water partition coefficient (Wildman–Crippen LogP) is 2.72. The third-order valence-electron chi connectivity index (χ3n) is 5.17. The van der Waals surface area contributed by atoms with Crippen LogP contribution in [0.2, 0.25) is 0 Å². The Morgan fingerprint density at radius 2 is 2.12 bits per heavy atom. The summed E-state index contributed by atoms with van der Waals surface area (Å²) >= 11 is 0. The van der Waals surface area contributed by atoms with Crippen molar-refractivity contribution in [3.8, 4) is 5.75 Å². The van der Waals surface area contributed by atoms with Gasteiger partial charge >= 0.3 is 0 Å². The van der Waals surface area contributed by atoms with Crippen LogP contribution < -0.4 is 15.0 Å². The smallest absolute Gasteiger partial charge is 0.225 e. The lowest BCUT2D eigenvalue weighted by atomic mass is 9.95. The molecular weight excluding hydrogens is 328 g/mol. The molecule has 4 rings (SSSR count). The van der Waals surface area contributed by atoms with Gasteiger partial charge in [-0.25, -0.2) is 4.98 Å². The van der Waals surface area contributed by atoms with E-state index in [-0.39, 0.29) is 17.9 Å². The number of hydrogen-bond acceptors (Lipinski definition) is 5. The molecule has 6 nitrogen and oxygen atoms in total. The maximum Gasteiger partial charge on any atom is 0.225 e. The molecule has 3 heterocycles. The number of rotatable bonds is 3. The van der Waals surface area contributed by atoms with E-state index in [1.807, 2.05) is 18.2 Å². The number of fused-ring (bicyclic) bond motifs is 1. The van der Waals surface area contributed by atoms with Gasteiger partial charge in [-0.2, -0.15) is 0 Å². The highest BCUT2D eigenvalue weighted by molar-refractivity contribution is 5.80. The number of nitrogens with zero attached hydrogens (tertiary/aromatic N) is 3. The van der Waals surface area contributed by atoms with Gasteiger partial charge in [0.2, 0.25) is 5.91 Å². The van der Waals surface area contributed by atoms with Crippen molar-refractivity contribution in [2.45, 2.75) is 31.7 Å². The molecular formula is C20H24N4O2. The van der Waals surface area contributed by atoms with Crippen molar-refractivity contribution in [2.24, 2.45) is 5.92 Å². The summed E-state index contributed by atoms with van der Waals surface area (Å²) in [5.41, 5.74) is 1.08. The SMILES string of the molecule is O=C(NC1CCCOc2ccccc21)C1CCCN(c2cnccn2)C1. The van der Waals surface area contributed by atoms with E-state index < -0.39 is 0 Å². The van der Waals surface area contributed by atoms with E-state index in [1.165, 1.54) is 0 Å². The molecule has 1 fully saturated rings. The van der Waals surface area contributed by atoms with Crippen LogP contribution >= 0.6 is 0 Å². The van der Waals surface area contributed by atoms with Crippen LogP contribution in [0.25, 0.3) is 0 Å². The van der Waals surface area contributed by atoms with Crippen molar-refractivity contribution < 1.29 is 9.53 Å². The van der Waals surface area contributed by atoms with Gasteiger partial charge in [0.15, 0.2) is 0 Å². The fraction of sp³-hybridized carbons (Fsp3) is 0.450. The van der Waals surface area contributed by atoms with Gasteiger partial charge in [-0.05, 0) is 31.7 Å². The van der Waals surface area contributed by atoms with Crippen LogP contribution in [-0.4, -0.2) is 35.6 Å². The highest BCUT2D eigenvalue weighted by Crippen LogP contribution is 2.32. The van der Waals surface area contributed by atoms with E-state index in [9.17, 15) is 4.79 Å². The van der Waals surface area contributed by atoms with E-state index in [2.05, 4.69) is 26.3 Å². The first-order valence-corrected chi connectivity index (χ1v) is 9.34. The average molecular weight is 352 g/mol. The van der Waals surface area contributed by atoms with Crippen LogP contribution in [0.15, 0.2) is 42.9 Å². The maximum absolute atomic E-state index is 13.0. The molecule has 2 aliphatic heterocycles. The highest BCUT2D eigenvalue weighted by Gasteiger charge is 2.29. The first-order valence-electron chi connectivity index (χ1n) is 9.34. The molecule has 1 amide bonds. The summed E-state index contributed by atoms with van der Waals surface area (Å²) in [7, 11) is 0. The second-order valence-electron chi connectivity index (χ2n) is 6.94. The minimum atomic E-state index is -0.0258. The lowest BCUT2D eigenvalue weighted by Gasteiger charge is -2.33. The molecule has 0 bridgehead atoms. The van der Waals surface area contributed by atoms with Crippen molar-refractivity contribution in [2.75, 3.05) is 24.6 Å². The molecule has 0 aliphatic carbocycles. The summed E-state index contributed by atoms with van der Waals surface area (Å²) in [6.07, 6.45) is 8.87. The van der Waals surface area contributed by atoms with Gasteiger partial charge in [0.25, 0.3) is 0 Å². The normalized spacial score (nSPS) is 22.7. The monoisotopic (exact) mass is 352 g/mol. The van der Waals surface area contributed by atoms with Gasteiger partial charge in [0, 0.05) is 31.0 Å². The average Bonchev–Trinajstić information content (AvgIpc) is 2.91. The number of carbonyl (C=O) groups is 1. The molecule has 6 heteroatoms. The number of amides is 1. The van der Waals surface area contributed by atoms with Crippen molar-refractivity contribution in [1.82, 2.24) is 15.3 Å². The second kappa shape index (κ2) is 7.72. The molecule has 26 heavy (non-hydrogen) atoms. The standard InChI is InChI=1S/C20H24N4O2/c25-20(15-5-3-11-24(14-15)19-13-21-9-10-22-19)23-17-7-4-12-26-18-8-2-1-6-16(17)18/h1-2,6,8-10,13,15,17H,3-5,7,11-12,14H2,(H,23,25). The molecule has 0 radical (unpaired) electrons. The molecule has 2 atom stereocenters. The molecule has 1 aromatic heterocycles. The van der Waals surface area contributed by atoms with Crippen molar-refractivity contribution in [3.63, 3.8) is 0 Å². The van der Waals surface area contributed by atoms with E-state index in [0.29, 0.717) is 13.2 Å². The van der Waals surface area contributed by atoms with Crippen LogP contribution in [0.4, 0.5) is 5.82 Å². The Morgan fingerprint density at radius 1 is 1.19 bits per heavy atom. The molecule has 1 N–H and O–H groups in total. The Bertz CT molecular complexity index is 752. The minimum absolute atomic E-state index is 0.0214. The fourth-order valence-corrected chi connectivity index (χ4v) is 3.82. The van der Waals surface area contributed by atoms with E-state index in [4.69, 9.17) is 4.74 Å². The summed E-state index contributed by atoms with van der Waals surface area (Å²) < 4.78 is 5.81. The number of hydrogen-bond donors (Lipinski definition) is 1. The summed E-state index contributed by atoms with van der Waals surface area (Å²) in [5.74, 6) is 1.83. The van der Waals surface area contributed by atoms with Gasteiger partial charge in [0.05, 0.1) is 24.8 Å². The number of carbonyl (C=O) groups excluding carboxylic acids is 1. The summed E-state index contributed by atoms with van der Waals surface area (Å²) in [5, 5.41) is 3.28. The number of aromatic nitrogens is 2. The Morgan fingerprint density at radius 3 is 3.00 bits per heavy atom. The van der Waals surface area contributed by atoms with Gasteiger partial charge < -0.3 is 15.0 Å². The van der Waals surface area contributed by atoms with E-state index in [1.54, 1.807) is 18.6 Å². The number of piperidine rings is 1. The zero-order valence-corrected chi connectivity index (χ0v) is 14.8. The van der Waals surface area contributed by atoms with Gasteiger partial charge in [-0.15, -0.1) is 0 Å². The molecule has 136 valence electrons. The highest BCUT2D eigenvalue weighted by atomic mass is 16.5. The lowest BCUT2D eigenvalue weighted by Crippen LogP contribution is -2.44. The Labute approximate surface area is 153 Å². The van der Waals surface area contributed by atoms with Gasteiger partial charge in [-0.3, -0.25) is 9.78 Å². The molecule has 1 aromatic carbocycles. The first-order chi connectivity index (χ1) is 12.8. The first kappa shape index (κ1) is 16.8. The van der Waals surface area contributed by atoms with E-state index >= 15 is 0 Å². The van der Waals surface area contributed by atoms with Crippen LogP contribution in [0, 0.1) is 5.92 Å². The molecule has 0 spiro atoms. The lowest BCUT2D eigenvalue weighted by molar-refractivity contribution is -0.126. The molecule has 0 saturated carbocycles. The predicted molar refractivity (Wildman–Crippen MR) is 99.0 cm³/mol. The number of anilines is 1. The van der Waals surface area contributed by atoms with Crippen molar-refractivity contribution in [3.05, 3.63) is 48.4 Å². The Balaban J connectivity index is 1.45. The Kier molecular flexibility index (Phi) is 5.00. The van der Waals surface area contributed by atoms with Gasteiger partial charge in [0.1, 0.15) is 11.6 Å². The molecule has 2 aliphatic rings. The third kappa shape index (κ3) is 3.64. The van der Waals surface area contributed by atoms with E-state index in [0.717, 1.165) is 49.4 Å². The summed E-state index contributed by atoms with van der Waals surface area (Å²) in [6.45, 7) is 2.31. The van der Waals surface area contributed by atoms with Crippen molar-refractivity contribution in [1.29, 1.82) is 0 Å². The number of nitrogens with one attached hydrogen (secondary N) is 1. The Hall–Kier alpha value is -2.63. The van der Waals surface area contributed by atoms with Crippen LogP contribution in [-0.2, 0) is 4.79 Å². The minimum Gasteiger partial charge on any atom is -0.493 e. The topological polar surface area (TPSA) is 67.3 Å². The van der Waals surface area contributed by atoms with Crippen LogP contribution in [0.5, 0.6) is 5.75 Å². The number of ether oxygens (including phenoxy) is 1. The zero-order valence-electron chi connectivity index (χ0n) is 14.8. The van der Waals surface area contributed by atoms with Crippen LogP contribution in [0.3, 0.4) is 0 Å². The molecule has 1 saturated heterocycles. The third-order valence-corrected chi connectivity index (χ3v) is 5.17. The number of benzene rings is 1. The summed E-state index contributed by atoms with van der Waals surface area (Å²) in [6, 6.07) is 8.04. The molecule has 2 aromatic rings. The molecule has 2 unspecified atom stereocenters. The van der Waals surface area contributed by atoms with Crippen LogP contribution in [0.1, 0.15) is 37.3 Å².